The van der Waals surface area contributed by atoms with Crippen LogP contribution in [0.4, 0.5) is 0 Å². The molecule has 0 bridgehead atoms. The van der Waals surface area contributed by atoms with E-state index < -0.39 is 12.1 Å². The van der Waals surface area contributed by atoms with Crippen molar-refractivity contribution in [2.45, 2.75) is 70.0 Å². The summed E-state index contributed by atoms with van der Waals surface area (Å²) in [6.45, 7) is 7.61. The Morgan fingerprint density at radius 3 is 2.22 bits per heavy atom. The molecule has 1 aliphatic carbocycles. The van der Waals surface area contributed by atoms with Gasteiger partial charge in [-0.25, -0.2) is 4.98 Å². The third-order valence-corrected chi connectivity index (χ3v) is 10.2. The highest BCUT2D eigenvalue weighted by Crippen LogP contribution is 2.36. The minimum Gasteiger partial charge on any atom is -0.491 e. The summed E-state index contributed by atoms with van der Waals surface area (Å²) in [6, 6.07) is 5.87. The number of hydrogen-bond acceptors (Lipinski definition) is 12. The van der Waals surface area contributed by atoms with E-state index in [0.717, 1.165) is 56.5 Å². The number of thiazole rings is 1. The molecule has 0 radical (unpaired) electrons. The van der Waals surface area contributed by atoms with Crippen LogP contribution in [0.25, 0.3) is 0 Å². The van der Waals surface area contributed by atoms with Crippen LogP contribution in [0.3, 0.4) is 0 Å². The number of likely N-dealkylation sites (tertiary alicyclic amines) is 1. The van der Waals surface area contributed by atoms with Gasteiger partial charge < -0.3 is 44.5 Å². The lowest BCUT2D eigenvalue weighted by atomic mass is 9.83. The zero-order chi connectivity index (χ0) is 36.3. The van der Waals surface area contributed by atoms with Crippen LogP contribution >= 0.6 is 11.3 Å². The molecule has 2 fully saturated rings. The van der Waals surface area contributed by atoms with E-state index in [1.54, 1.807) is 43.6 Å². The Hall–Kier alpha value is -2.98. The molecule has 1 saturated heterocycles. The van der Waals surface area contributed by atoms with Gasteiger partial charge in [-0.3, -0.25) is 14.4 Å². The number of hydrogen-bond donors (Lipinski definition) is 3. The molecule has 1 saturated carbocycles. The quantitative estimate of drug-likeness (QED) is 0.108. The molecule has 284 valence electrons. The van der Waals surface area contributed by atoms with Crippen molar-refractivity contribution in [1.29, 1.82) is 0 Å². The highest BCUT2D eigenvalue weighted by molar-refractivity contribution is 7.10. The van der Waals surface area contributed by atoms with Crippen LogP contribution in [0.15, 0.2) is 29.6 Å². The molecule has 2 aliphatic rings. The molecule has 1 aliphatic heterocycles. The summed E-state index contributed by atoms with van der Waals surface area (Å²) in [4.78, 5) is 47.1. The fraction of sp³-hybridized carbons (Fsp3) is 0.676. The van der Waals surface area contributed by atoms with Gasteiger partial charge in [0.2, 0.25) is 17.6 Å². The lowest BCUT2D eigenvalue weighted by Gasteiger charge is -2.35. The summed E-state index contributed by atoms with van der Waals surface area (Å²) in [6.07, 6.45) is 6.75. The molecule has 51 heavy (non-hydrogen) atoms. The van der Waals surface area contributed by atoms with Gasteiger partial charge in [0.05, 0.1) is 64.9 Å². The van der Waals surface area contributed by atoms with Gasteiger partial charge in [0.15, 0.2) is 0 Å². The van der Waals surface area contributed by atoms with Crippen molar-refractivity contribution in [1.82, 2.24) is 25.8 Å². The molecule has 0 unspecified atom stereocenters. The number of carbonyl (C=O) groups excluding carboxylic acids is 3. The van der Waals surface area contributed by atoms with Crippen LogP contribution in [0, 0.1) is 5.92 Å². The van der Waals surface area contributed by atoms with Gasteiger partial charge in [0, 0.05) is 24.0 Å². The Balaban J connectivity index is 1.22. The van der Waals surface area contributed by atoms with E-state index >= 15 is 0 Å². The third-order valence-electron chi connectivity index (χ3n) is 9.29. The Labute approximate surface area is 306 Å². The molecule has 1 aromatic carbocycles. The fourth-order valence-electron chi connectivity index (χ4n) is 6.30. The summed E-state index contributed by atoms with van der Waals surface area (Å²) in [5.74, 6) is 0.265. The zero-order valence-corrected chi connectivity index (χ0v) is 31.3. The first-order valence-electron chi connectivity index (χ1n) is 18.4. The smallest absolute Gasteiger partial charge is 0.246 e. The minimum absolute atomic E-state index is 0.0480. The van der Waals surface area contributed by atoms with Gasteiger partial charge in [-0.15, -0.1) is 11.3 Å². The Kier molecular flexibility index (Phi) is 18.3. The largest absolute Gasteiger partial charge is 0.491 e. The Bertz CT molecular complexity index is 1340. The monoisotopic (exact) mass is 731 g/mol. The van der Waals surface area contributed by atoms with E-state index in [1.165, 1.54) is 11.3 Å². The number of likely N-dealkylation sites (N-methyl/N-ethyl adjacent to an activating group) is 2. The second-order valence-electron chi connectivity index (χ2n) is 12.9. The van der Waals surface area contributed by atoms with E-state index in [0.29, 0.717) is 83.0 Å². The fourth-order valence-corrected chi connectivity index (χ4v) is 7.24. The molecule has 1 aromatic heterocycles. The van der Waals surface area contributed by atoms with Crippen LogP contribution in [-0.4, -0.2) is 126 Å². The van der Waals surface area contributed by atoms with Crippen LogP contribution in [0.5, 0.6) is 5.75 Å². The van der Waals surface area contributed by atoms with Crippen molar-refractivity contribution < 1.29 is 38.1 Å². The topological polar surface area (TPSA) is 150 Å². The van der Waals surface area contributed by atoms with Crippen molar-refractivity contribution in [2.24, 2.45) is 5.92 Å². The number of ether oxygens (including phenoxy) is 5. The first-order valence-corrected chi connectivity index (χ1v) is 19.3. The number of nitrogens with one attached hydrogen (secondary N) is 3. The summed E-state index contributed by atoms with van der Waals surface area (Å²) >= 11 is 1.40. The van der Waals surface area contributed by atoms with Crippen molar-refractivity contribution in [3.8, 4) is 5.75 Å². The molecule has 14 heteroatoms. The SMILES string of the molecule is CNCCOCCOCCOCCOCCOc1cccc(C(=O)c2csc([C@@H]3CCCN3C(=O)[C@@H](NC(=O)[C@H](C)NC)C3CCCCC3)n2)c1. The lowest BCUT2D eigenvalue weighted by Crippen LogP contribution is -2.55. The van der Waals surface area contributed by atoms with Crippen LogP contribution < -0.4 is 20.7 Å². The van der Waals surface area contributed by atoms with Crippen molar-refractivity contribution in [3.05, 3.63) is 45.9 Å². The average Bonchev–Trinajstić information content (AvgIpc) is 3.86. The zero-order valence-electron chi connectivity index (χ0n) is 30.5. The van der Waals surface area contributed by atoms with E-state index in [9.17, 15) is 14.4 Å². The van der Waals surface area contributed by atoms with E-state index in [4.69, 9.17) is 28.7 Å². The summed E-state index contributed by atoms with van der Waals surface area (Å²) < 4.78 is 27.8. The number of carbonyl (C=O) groups is 3. The molecule has 2 heterocycles. The van der Waals surface area contributed by atoms with Crippen LogP contribution in [0.2, 0.25) is 0 Å². The van der Waals surface area contributed by atoms with Crippen molar-refractivity contribution in [2.75, 3.05) is 86.6 Å². The van der Waals surface area contributed by atoms with E-state index in [2.05, 4.69) is 16.0 Å². The van der Waals surface area contributed by atoms with Crippen molar-refractivity contribution >= 4 is 28.9 Å². The van der Waals surface area contributed by atoms with Crippen molar-refractivity contribution in [3.63, 3.8) is 0 Å². The Morgan fingerprint density at radius 1 is 0.882 bits per heavy atom. The number of rotatable bonds is 24. The normalized spacial score (nSPS) is 17.7. The first-order chi connectivity index (χ1) is 24.9. The second kappa shape index (κ2) is 22.8. The molecule has 3 N–H and O–H groups in total. The maximum atomic E-state index is 14.1. The van der Waals surface area contributed by atoms with Gasteiger partial charge in [-0.2, -0.15) is 0 Å². The molecule has 0 spiro atoms. The second-order valence-corrected chi connectivity index (χ2v) is 13.8. The molecule has 2 aromatic rings. The number of nitrogens with zero attached hydrogens (tertiary/aromatic N) is 2. The average molecular weight is 732 g/mol. The minimum atomic E-state index is -0.564. The highest BCUT2D eigenvalue weighted by atomic mass is 32.1. The summed E-state index contributed by atoms with van der Waals surface area (Å²) in [5, 5.41) is 11.6. The number of benzene rings is 1. The predicted octanol–water partition coefficient (Wildman–Crippen LogP) is 3.38. The molecular weight excluding hydrogens is 675 g/mol. The van der Waals surface area contributed by atoms with Gasteiger partial charge in [0.25, 0.3) is 0 Å². The standard InChI is InChI=1S/C37H57N5O8S/c1-27(39-3)35(44)41-33(28-9-5-4-6-10-28)37(45)42-15-8-13-32(42)36-40-31(26-51-36)34(43)29-11-7-12-30(25-29)50-24-23-49-22-21-48-20-19-47-18-17-46-16-14-38-2/h7,11-12,25-28,32-33,38-39H,4-6,8-10,13-24H2,1-3H3,(H,41,44)/t27-,32-,33-/m0/s1. The summed E-state index contributed by atoms with van der Waals surface area (Å²) in [5.41, 5.74) is 0.821. The van der Waals surface area contributed by atoms with E-state index in [-0.39, 0.29) is 29.6 Å². The molecule has 4 rings (SSSR count). The lowest BCUT2D eigenvalue weighted by molar-refractivity contribution is -0.139. The van der Waals surface area contributed by atoms with Gasteiger partial charge in [-0.05, 0) is 64.8 Å². The molecule has 2 amide bonds. The van der Waals surface area contributed by atoms with Crippen LogP contribution in [0.1, 0.15) is 79.0 Å². The predicted molar refractivity (Wildman–Crippen MR) is 195 cm³/mol. The first kappa shape index (κ1) is 40.8. The number of ketones is 1. The maximum absolute atomic E-state index is 14.1. The molecule has 13 nitrogen and oxygen atoms in total. The highest BCUT2D eigenvalue weighted by Gasteiger charge is 2.40. The molecular formula is C37H57N5O8S. The number of amides is 2. The summed E-state index contributed by atoms with van der Waals surface area (Å²) in [7, 11) is 3.63. The maximum Gasteiger partial charge on any atom is 0.246 e. The van der Waals surface area contributed by atoms with E-state index in [1.807, 2.05) is 11.9 Å². The van der Waals surface area contributed by atoms with Gasteiger partial charge in [0.1, 0.15) is 29.1 Å². The van der Waals surface area contributed by atoms with Gasteiger partial charge >= 0.3 is 0 Å². The van der Waals surface area contributed by atoms with Gasteiger partial charge in [-0.1, -0.05) is 31.4 Å². The third kappa shape index (κ3) is 13.2. The molecule has 3 atom stereocenters. The Morgan fingerprint density at radius 2 is 1.55 bits per heavy atom. The van der Waals surface area contributed by atoms with Crippen LogP contribution in [-0.2, 0) is 28.5 Å². The number of aromatic nitrogens is 1.